The molecule has 2 aromatic rings. The highest BCUT2D eigenvalue weighted by molar-refractivity contribution is 9.10. The van der Waals surface area contributed by atoms with E-state index in [1.807, 2.05) is 0 Å². The molecule has 0 aliphatic carbocycles. The summed E-state index contributed by atoms with van der Waals surface area (Å²) in [5, 5.41) is 9.32. The Morgan fingerprint density at radius 3 is 2.58 bits per heavy atom. The number of aliphatic hydroxyl groups excluding tert-OH is 1. The molecule has 0 aliphatic rings. The lowest BCUT2D eigenvalue weighted by atomic mass is 10.1. The molecule has 102 valence electrons. The van der Waals surface area contributed by atoms with E-state index in [0.29, 0.717) is 21.4 Å². The van der Waals surface area contributed by atoms with Gasteiger partial charge in [0.1, 0.15) is 6.10 Å². The van der Waals surface area contributed by atoms with Crippen LogP contribution in [0.5, 0.6) is 0 Å². The minimum Gasteiger partial charge on any atom is -0.383 e. The highest BCUT2D eigenvalue weighted by Gasteiger charge is 2.35. The molecule has 0 aliphatic heterocycles. The molecule has 2 rings (SSSR count). The summed E-state index contributed by atoms with van der Waals surface area (Å²) in [6.45, 7) is 0. The van der Waals surface area contributed by atoms with Gasteiger partial charge >= 0.3 is 6.18 Å². The van der Waals surface area contributed by atoms with Crippen LogP contribution in [-0.2, 0) is 6.18 Å². The number of aromatic nitrogens is 1. The Hall–Kier alpha value is -0.630. The van der Waals surface area contributed by atoms with Gasteiger partial charge in [0, 0.05) is 21.3 Å². The maximum absolute atomic E-state index is 12.4. The summed E-state index contributed by atoms with van der Waals surface area (Å²) in [7, 11) is 0. The highest BCUT2D eigenvalue weighted by Crippen LogP contribution is 2.37. The van der Waals surface area contributed by atoms with Crippen molar-refractivity contribution < 1.29 is 18.3 Å². The number of aliphatic hydroxyl groups is 1. The summed E-state index contributed by atoms with van der Waals surface area (Å²) in [5.41, 5.74) is 0.335. The Bertz CT molecular complexity index is 602. The van der Waals surface area contributed by atoms with Gasteiger partial charge in [-0.2, -0.15) is 13.2 Å². The summed E-state index contributed by atoms with van der Waals surface area (Å²) in [4.78, 5) is 3.36. The molecule has 2 nitrogen and oxygen atoms in total. The first-order chi connectivity index (χ1) is 8.79. The quantitative estimate of drug-likeness (QED) is 0.832. The van der Waals surface area contributed by atoms with E-state index in [2.05, 4.69) is 20.9 Å². The number of nitrogens with zero attached hydrogens (tertiary/aromatic N) is 1. The molecule has 0 amide bonds. The second kappa shape index (κ2) is 5.40. The first kappa shape index (κ1) is 14.8. The summed E-state index contributed by atoms with van der Waals surface area (Å²) in [6.07, 6.45) is -4.72. The van der Waals surface area contributed by atoms with Gasteiger partial charge in [0.2, 0.25) is 0 Å². The van der Waals surface area contributed by atoms with Crippen LogP contribution in [0.25, 0.3) is 0 Å². The van der Waals surface area contributed by atoms with Gasteiger partial charge in [-0.05, 0) is 12.1 Å². The Kier molecular flexibility index (Phi) is 4.20. The van der Waals surface area contributed by atoms with Crippen molar-refractivity contribution in [3.8, 4) is 0 Å². The monoisotopic (exact) mass is 371 g/mol. The van der Waals surface area contributed by atoms with Crippen LogP contribution in [0.15, 0.2) is 28.9 Å². The average Bonchev–Trinajstić information content (AvgIpc) is 2.76. The Morgan fingerprint density at radius 2 is 2.05 bits per heavy atom. The molecular weight excluding hydrogens is 367 g/mol. The van der Waals surface area contributed by atoms with Gasteiger partial charge in [0.25, 0.3) is 0 Å². The van der Waals surface area contributed by atoms with E-state index in [1.54, 1.807) is 18.2 Å². The normalized spacial score (nSPS) is 13.6. The van der Waals surface area contributed by atoms with Crippen LogP contribution in [0.2, 0.25) is 5.02 Å². The van der Waals surface area contributed by atoms with Crippen molar-refractivity contribution in [3.05, 3.63) is 49.3 Å². The second-order valence-corrected chi connectivity index (χ2v) is 6.02. The first-order valence-corrected chi connectivity index (χ1v) is 6.93. The molecule has 0 spiro atoms. The number of rotatable bonds is 2. The number of alkyl halides is 3. The predicted molar refractivity (Wildman–Crippen MR) is 70.3 cm³/mol. The van der Waals surface area contributed by atoms with Crippen LogP contribution < -0.4 is 0 Å². The van der Waals surface area contributed by atoms with Crippen LogP contribution in [0.3, 0.4) is 0 Å². The lowest BCUT2D eigenvalue weighted by Crippen LogP contribution is -2.03. The molecule has 0 saturated heterocycles. The standard InChI is InChI=1S/C11H6BrClF3NOS/c12-5-1-2-6(7(13)3-5)9(18)8-4-17-10(19-8)11(14,15)16/h1-4,9,18H. The van der Waals surface area contributed by atoms with Gasteiger partial charge < -0.3 is 5.11 Å². The largest absolute Gasteiger partial charge is 0.443 e. The summed E-state index contributed by atoms with van der Waals surface area (Å²) in [6, 6.07) is 4.76. The zero-order chi connectivity index (χ0) is 14.2. The van der Waals surface area contributed by atoms with E-state index >= 15 is 0 Å². The van der Waals surface area contributed by atoms with E-state index in [-0.39, 0.29) is 9.90 Å². The minimum atomic E-state index is -4.51. The molecule has 1 unspecified atom stereocenters. The van der Waals surface area contributed by atoms with E-state index < -0.39 is 17.3 Å². The van der Waals surface area contributed by atoms with E-state index in [4.69, 9.17) is 11.6 Å². The van der Waals surface area contributed by atoms with Crippen LogP contribution in [0.4, 0.5) is 13.2 Å². The number of benzene rings is 1. The van der Waals surface area contributed by atoms with Crippen molar-refractivity contribution in [3.63, 3.8) is 0 Å². The van der Waals surface area contributed by atoms with Gasteiger partial charge in [0.15, 0.2) is 5.01 Å². The average molecular weight is 373 g/mol. The van der Waals surface area contributed by atoms with Crippen molar-refractivity contribution in [2.45, 2.75) is 12.3 Å². The van der Waals surface area contributed by atoms with E-state index in [1.165, 1.54) is 0 Å². The zero-order valence-corrected chi connectivity index (χ0v) is 12.2. The number of hydrogen-bond donors (Lipinski definition) is 1. The Balaban J connectivity index is 2.34. The minimum absolute atomic E-state index is 0.0940. The molecule has 1 N–H and O–H groups in total. The van der Waals surface area contributed by atoms with Gasteiger partial charge in [-0.25, -0.2) is 4.98 Å². The van der Waals surface area contributed by atoms with Gasteiger partial charge in [-0.3, -0.25) is 0 Å². The maximum Gasteiger partial charge on any atom is 0.443 e. The van der Waals surface area contributed by atoms with Crippen molar-refractivity contribution >= 4 is 38.9 Å². The summed E-state index contributed by atoms with van der Waals surface area (Å²) in [5.74, 6) is 0. The van der Waals surface area contributed by atoms with Crippen molar-refractivity contribution in [1.82, 2.24) is 4.98 Å². The smallest absolute Gasteiger partial charge is 0.383 e. The number of hydrogen-bond acceptors (Lipinski definition) is 3. The topological polar surface area (TPSA) is 33.1 Å². The second-order valence-electron chi connectivity index (χ2n) is 3.63. The highest BCUT2D eigenvalue weighted by atomic mass is 79.9. The fourth-order valence-electron chi connectivity index (χ4n) is 1.42. The molecule has 1 atom stereocenters. The van der Waals surface area contributed by atoms with E-state index in [0.717, 1.165) is 6.20 Å². The summed E-state index contributed by atoms with van der Waals surface area (Å²) < 4.78 is 38.0. The fourth-order valence-corrected chi connectivity index (χ4v) is 2.99. The van der Waals surface area contributed by atoms with Crippen LogP contribution in [0.1, 0.15) is 21.6 Å². The third-order valence-corrected chi connectivity index (χ3v) is 4.21. The molecule has 1 heterocycles. The third kappa shape index (κ3) is 3.28. The molecule has 0 bridgehead atoms. The van der Waals surface area contributed by atoms with E-state index in [9.17, 15) is 18.3 Å². The van der Waals surface area contributed by atoms with Crippen LogP contribution in [0, 0.1) is 0 Å². The van der Waals surface area contributed by atoms with Crippen molar-refractivity contribution in [2.75, 3.05) is 0 Å². The lowest BCUT2D eigenvalue weighted by molar-refractivity contribution is -0.137. The van der Waals surface area contributed by atoms with Gasteiger partial charge in [-0.1, -0.05) is 33.6 Å². The summed E-state index contributed by atoms with van der Waals surface area (Å²) >= 11 is 9.55. The Labute approximate surface area is 124 Å². The van der Waals surface area contributed by atoms with Crippen LogP contribution in [-0.4, -0.2) is 10.1 Å². The van der Waals surface area contributed by atoms with Crippen molar-refractivity contribution in [1.29, 1.82) is 0 Å². The lowest BCUT2D eigenvalue weighted by Gasteiger charge is -2.10. The molecule has 8 heteroatoms. The SMILES string of the molecule is OC(c1cnc(C(F)(F)F)s1)c1ccc(Br)cc1Cl. The van der Waals surface area contributed by atoms with Crippen molar-refractivity contribution in [2.24, 2.45) is 0 Å². The Morgan fingerprint density at radius 1 is 1.37 bits per heavy atom. The molecule has 0 radical (unpaired) electrons. The molecule has 0 fully saturated rings. The van der Waals surface area contributed by atoms with Gasteiger partial charge in [-0.15, -0.1) is 11.3 Å². The maximum atomic E-state index is 12.4. The molecule has 19 heavy (non-hydrogen) atoms. The molecule has 1 aromatic heterocycles. The number of halogens is 5. The first-order valence-electron chi connectivity index (χ1n) is 4.95. The molecule has 0 saturated carbocycles. The third-order valence-electron chi connectivity index (χ3n) is 2.29. The van der Waals surface area contributed by atoms with Crippen LogP contribution >= 0.6 is 38.9 Å². The number of thiazole rings is 1. The molecule has 1 aromatic carbocycles. The molecular formula is C11H6BrClF3NOS. The van der Waals surface area contributed by atoms with Gasteiger partial charge in [0.05, 0.1) is 4.88 Å². The predicted octanol–water partition coefficient (Wildman–Crippen LogP) is 4.66. The fraction of sp³-hybridized carbons (Fsp3) is 0.182. The zero-order valence-electron chi connectivity index (χ0n) is 9.08.